The van der Waals surface area contributed by atoms with Gasteiger partial charge in [-0.15, -0.1) is 0 Å². The fraction of sp³-hybridized carbons (Fsp3) is 0.460. The number of oxazole rings is 3. The van der Waals surface area contributed by atoms with Crippen LogP contribution in [0.2, 0.25) is 0 Å². The van der Waals surface area contributed by atoms with E-state index >= 15 is 13.2 Å². The summed E-state index contributed by atoms with van der Waals surface area (Å²) in [5.74, 6) is 0.649. The molecule has 89 heavy (non-hydrogen) atoms. The summed E-state index contributed by atoms with van der Waals surface area (Å²) in [5, 5.41) is 27.0. The van der Waals surface area contributed by atoms with E-state index in [0.717, 1.165) is 5.46 Å². The van der Waals surface area contributed by atoms with E-state index in [1.165, 1.54) is 39.2 Å². The van der Waals surface area contributed by atoms with Gasteiger partial charge in [-0.05, 0) is 174 Å². The molecule has 0 saturated carbocycles. The Balaban J connectivity index is 0.000000148. The van der Waals surface area contributed by atoms with Crippen molar-refractivity contribution < 1.29 is 54.8 Å². The Labute approximate surface area is 512 Å². The molecule has 0 spiro atoms. The molecule has 4 aliphatic rings. The fourth-order valence-corrected chi connectivity index (χ4v) is 10.5. The van der Waals surface area contributed by atoms with Crippen LogP contribution in [0.4, 0.5) is 22.8 Å². The van der Waals surface area contributed by atoms with Crippen molar-refractivity contribution in [3.05, 3.63) is 108 Å². The van der Waals surface area contributed by atoms with Gasteiger partial charge in [-0.1, -0.05) is 6.07 Å². The first-order valence-corrected chi connectivity index (χ1v) is 29.2. The van der Waals surface area contributed by atoms with Crippen molar-refractivity contribution in [3.8, 4) is 41.1 Å². The number of carbonyl (C=O) groups excluding carboxylic acids is 2. The van der Waals surface area contributed by atoms with Crippen LogP contribution in [-0.4, -0.2) is 131 Å². The lowest BCUT2D eigenvalue weighted by molar-refractivity contribution is -0.0143. The second-order valence-corrected chi connectivity index (χ2v) is 25.5. The molecule has 5 aromatic heterocycles. The Morgan fingerprint density at radius 3 is 1.35 bits per heavy atom. The molecule has 12 rings (SSSR count). The van der Waals surface area contributed by atoms with Gasteiger partial charge >= 0.3 is 19.3 Å². The molecule has 2 amide bonds. The summed E-state index contributed by atoms with van der Waals surface area (Å²) in [7, 11) is -0.541. The van der Waals surface area contributed by atoms with E-state index in [2.05, 4.69) is 34.9 Å². The van der Waals surface area contributed by atoms with Crippen molar-refractivity contribution in [2.75, 3.05) is 39.3 Å². The molecular formula is C63H67BF3N13O9. The number of likely N-dealkylation sites (tertiary alicyclic amines) is 3. The van der Waals surface area contributed by atoms with Crippen LogP contribution in [0.25, 0.3) is 56.1 Å². The number of carbonyl (C=O) groups is 2. The summed E-state index contributed by atoms with van der Waals surface area (Å²) in [6.07, 6.45) is 6.11. The minimum Gasteiger partial charge on any atom is -0.444 e. The first-order chi connectivity index (χ1) is 42.0. The maximum Gasteiger partial charge on any atom is 0.494 e. The number of nitrogens with zero attached hydrogens (tertiary/aromatic N) is 13. The van der Waals surface area contributed by atoms with Crippen LogP contribution >= 0.6 is 0 Å². The third-order valence-electron chi connectivity index (χ3n) is 15.7. The minimum atomic E-state index is -1.91. The highest BCUT2D eigenvalue weighted by molar-refractivity contribution is 6.62. The molecule has 3 atom stereocenters. The molecule has 9 heterocycles. The molecular weight excluding hydrogens is 1150 g/mol. The Morgan fingerprint density at radius 1 is 0.551 bits per heavy atom. The van der Waals surface area contributed by atoms with Gasteiger partial charge in [0.25, 0.3) is 0 Å². The molecule has 3 aromatic carbocycles. The van der Waals surface area contributed by atoms with Gasteiger partial charge in [-0.25, -0.2) is 57.6 Å². The Kier molecular flexibility index (Phi) is 17.0. The number of piperidine rings is 3. The fourth-order valence-electron chi connectivity index (χ4n) is 10.5. The highest BCUT2D eigenvalue weighted by Gasteiger charge is 2.52. The van der Waals surface area contributed by atoms with Crippen molar-refractivity contribution >= 4 is 58.1 Å². The standard InChI is InChI=1S/C23H32BFN2O5.C22H22FN5O3.C18H13FN6O/c1-20(2,3)30-19(28)27-12-8-11-23(25,14-27)18-26-16-13-15(9-10-17(16)29-18)24-31-21(4,5)22(6,7)32-24;1-21(2,3)31-20(29)28-10-4-8-22(23,13-28)19-27-16-11-14(5-6-17(16)30-19)18-25-9-7-15(12-24)26-18;19-18(5-1-7-25(10-18)11-21)17-24-14-8-12(2-3-15(14)26-17)16-22-6-4-13(9-20)23-16/h9-10,13H,8,11-12,14H2,1-7H3;5-7,9,11H,4,8,10,13H2,1-3H3;2-4,6,8H,1,5,7,10H2/t23-;22-;18-/m111/s1. The van der Waals surface area contributed by atoms with Crippen molar-refractivity contribution in [2.24, 2.45) is 0 Å². The molecule has 4 fully saturated rings. The molecule has 4 saturated heterocycles. The molecule has 0 unspecified atom stereocenters. The number of hydrogen-bond acceptors (Lipinski definition) is 20. The predicted molar refractivity (Wildman–Crippen MR) is 318 cm³/mol. The average molecular weight is 1220 g/mol. The molecule has 0 radical (unpaired) electrons. The summed E-state index contributed by atoms with van der Waals surface area (Å²) >= 11 is 0. The number of rotatable bonds is 6. The first-order valence-electron chi connectivity index (χ1n) is 29.2. The summed E-state index contributed by atoms with van der Waals surface area (Å²) < 4.78 is 87.2. The molecule has 22 nitrogen and oxygen atoms in total. The summed E-state index contributed by atoms with van der Waals surface area (Å²) in [5.41, 5.74) is -2.40. The maximum absolute atomic E-state index is 15.9. The molecule has 462 valence electrons. The van der Waals surface area contributed by atoms with E-state index in [9.17, 15) is 9.59 Å². The molecule has 0 aliphatic carbocycles. The second kappa shape index (κ2) is 24.1. The molecule has 0 N–H and O–H groups in total. The summed E-state index contributed by atoms with van der Waals surface area (Å²) in [4.78, 5) is 58.8. The first kappa shape index (κ1) is 62.9. The smallest absolute Gasteiger partial charge is 0.444 e. The lowest BCUT2D eigenvalue weighted by Gasteiger charge is -2.36. The number of nitriles is 3. The van der Waals surface area contributed by atoms with Gasteiger partial charge in [-0.2, -0.15) is 15.8 Å². The number of benzene rings is 3. The van der Waals surface area contributed by atoms with Gasteiger partial charge in [-0.3, -0.25) is 0 Å². The van der Waals surface area contributed by atoms with E-state index in [0.29, 0.717) is 95.0 Å². The molecule has 26 heteroatoms. The monoisotopic (exact) mass is 1220 g/mol. The predicted octanol–water partition coefficient (Wildman–Crippen LogP) is 11.6. The largest absolute Gasteiger partial charge is 0.494 e. The van der Waals surface area contributed by atoms with Crippen LogP contribution in [0.15, 0.2) is 92.4 Å². The zero-order valence-corrected chi connectivity index (χ0v) is 51.2. The third kappa shape index (κ3) is 13.9. The average Bonchev–Trinajstić information content (AvgIpc) is 1.88. The van der Waals surface area contributed by atoms with Crippen LogP contribution in [0.3, 0.4) is 0 Å². The van der Waals surface area contributed by atoms with E-state index < -0.39 is 58.7 Å². The Hall–Kier alpha value is -9.19. The van der Waals surface area contributed by atoms with E-state index in [-0.39, 0.29) is 68.0 Å². The zero-order chi connectivity index (χ0) is 63.9. The third-order valence-corrected chi connectivity index (χ3v) is 15.7. The minimum absolute atomic E-state index is 0.0173. The number of aromatic nitrogens is 7. The zero-order valence-electron chi connectivity index (χ0n) is 51.2. The van der Waals surface area contributed by atoms with Gasteiger partial charge in [0.2, 0.25) is 34.7 Å². The van der Waals surface area contributed by atoms with Crippen LogP contribution in [0, 0.1) is 34.1 Å². The Bertz CT molecular complexity index is 4090. The van der Waals surface area contributed by atoms with Gasteiger partial charge in [0.05, 0.1) is 30.8 Å². The summed E-state index contributed by atoms with van der Waals surface area (Å²) in [6.45, 7) is 19.6. The number of alkyl halides is 3. The number of ether oxygens (including phenoxy) is 2. The van der Waals surface area contributed by atoms with Crippen LogP contribution in [0.5, 0.6) is 0 Å². The van der Waals surface area contributed by atoms with Gasteiger partial charge in [0.15, 0.2) is 34.6 Å². The topological polar surface area (TPSA) is 282 Å². The van der Waals surface area contributed by atoms with Gasteiger partial charge < -0.3 is 46.7 Å². The highest BCUT2D eigenvalue weighted by atomic mass is 19.2. The number of fused-ring (bicyclic) bond motifs is 3. The second-order valence-electron chi connectivity index (χ2n) is 25.5. The highest BCUT2D eigenvalue weighted by Crippen LogP contribution is 2.42. The van der Waals surface area contributed by atoms with Crippen molar-refractivity contribution in [3.63, 3.8) is 0 Å². The van der Waals surface area contributed by atoms with E-state index in [4.69, 9.17) is 47.8 Å². The van der Waals surface area contributed by atoms with Crippen LogP contribution < -0.4 is 5.46 Å². The SMILES string of the molecule is CC(C)(C)OC(=O)N1CCC[C@](F)(c2nc3cc(-c4nccc(C#N)n4)ccc3o2)C1.CC(C)(C)OC(=O)N1CCC[C@](F)(c2nc3cc(B4OC(C)(C)C(C)(C)O4)ccc3o2)C1.N#Cc1ccnc(-c2ccc3oc([C@@]4(F)CCCN(C#N)C4)nc3c2)n1. The van der Waals surface area contributed by atoms with Crippen molar-refractivity contribution in [2.45, 2.75) is 147 Å². The Morgan fingerprint density at radius 2 is 0.944 bits per heavy atom. The lowest BCUT2D eigenvalue weighted by atomic mass is 9.79. The van der Waals surface area contributed by atoms with Crippen molar-refractivity contribution in [1.29, 1.82) is 15.8 Å². The molecule has 4 aliphatic heterocycles. The van der Waals surface area contributed by atoms with Gasteiger partial charge in [0.1, 0.15) is 51.3 Å². The summed E-state index contributed by atoms with van der Waals surface area (Å²) in [6, 6.07) is 22.6. The van der Waals surface area contributed by atoms with E-state index in [1.54, 1.807) is 84.0 Å². The van der Waals surface area contributed by atoms with Crippen molar-refractivity contribution in [1.82, 2.24) is 49.6 Å². The van der Waals surface area contributed by atoms with Crippen LogP contribution in [0.1, 0.15) is 137 Å². The number of amides is 2. The number of halogens is 3. The van der Waals surface area contributed by atoms with E-state index in [1.807, 2.05) is 58.2 Å². The van der Waals surface area contributed by atoms with Crippen LogP contribution in [-0.2, 0) is 35.8 Å². The van der Waals surface area contributed by atoms with Gasteiger partial charge in [0, 0.05) is 43.2 Å². The molecule has 0 bridgehead atoms. The lowest BCUT2D eigenvalue weighted by Crippen LogP contribution is -2.48. The molecule has 8 aromatic rings. The quantitative estimate of drug-likeness (QED) is 0.110. The number of hydrogen-bond donors (Lipinski definition) is 0. The normalized spacial score (nSPS) is 21.6. The maximum atomic E-state index is 15.9.